The summed E-state index contributed by atoms with van der Waals surface area (Å²) in [6, 6.07) is 9.28. The van der Waals surface area contributed by atoms with Crippen LogP contribution in [0.1, 0.15) is 16.2 Å². The van der Waals surface area contributed by atoms with Crippen LogP contribution < -0.4 is 0 Å². The molecule has 1 N–H and O–H groups in total. The lowest BCUT2D eigenvalue weighted by Gasteiger charge is -2.15. The number of hydrogen-bond acceptors (Lipinski definition) is 4. The predicted molar refractivity (Wildman–Crippen MR) is 73.9 cm³/mol. The van der Waals surface area contributed by atoms with Crippen LogP contribution in [0.25, 0.3) is 10.9 Å². The molecule has 0 unspecified atom stereocenters. The summed E-state index contributed by atoms with van der Waals surface area (Å²) in [5.74, 6) is 0.593. The highest BCUT2D eigenvalue weighted by molar-refractivity contribution is 5.97. The lowest BCUT2D eigenvalue weighted by molar-refractivity contribution is 0.0782. The summed E-state index contributed by atoms with van der Waals surface area (Å²) in [5, 5.41) is 7.46. The number of aromatic amines is 1. The Bertz CT molecular complexity index is 738. The van der Waals surface area contributed by atoms with Crippen molar-refractivity contribution in [2.45, 2.75) is 6.54 Å². The summed E-state index contributed by atoms with van der Waals surface area (Å²) in [5.41, 5.74) is 1.51. The molecule has 1 amide bonds. The van der Waals surface area contributed by atoms with Crippen molar-refractivity contribution in [1.82, 2.24) is 25.1 Å². The van der Waals surface area contributed by atoms with Crippen molar-refractivity contribution in [3.63, 3.8) is 0 Å². The second-order valence-electron chi connectivity index (χ2n) is 4.50. The van der Waals surface area contributed by atoms with Crippen LogP contribution in [0.3, 0.4) is 0 Å². The van der Waals surface area contributed by atoms with E-state index in [0.717, 1.165) is 10.9 Å². The molecule has 0 aliphatic carbocycles. The fourth-order valence-corrected chi connectivity index (χ4v) is 2.03. The Morgan fingerprint density at radius 1 is 1.30 bits per heavy atom. The highest BCUT2D eigenvalue weighted by Gasteiger charge is 2.13. The summed E-state index contributed by atoms with van der Waals surface area (Å²) < 4.78 is 0. The maximum atomic E-state index is 12.4. The fourth-order valence-electron chi connectivity index (χ4n) is 2.03. The number of nitrogens with zero attached hydrogens (tertiary/aromatic N) is 4. The number of carbonyl (C=O) groups excluding carboxylic acids is 1. The van der Waals surface area contributed by atoms with Gasteiger partial charge < -0.3 is 4.90 Å². The average molecular weight is 267 g/mol. The van der Waals surface area contributed by atoms with E-state index in [4.69, 9.17) is 0 Å². The number of fused-ring (bicyclic) bond motifs is 1. The number of benzene rings is 1. The molecule has 0 radical (unpaired) electrons. The molecule has 0 atom stereocenters. The third kappa shape index (κ3) is 2.35. The number of pyridine rings is 1. The molecule has 3 rings (SSSR count). The minimum atomic E-state index is -0.0628. The van der Waals surface area contributed by atoms with E-state index in [1.54, 1.807) is 24.2 Å². The van der Waals surface area contributed by atoms with Crippen LogP contribution >= 0.6 is 0 Å². The van der Waals surface area contributed by atoms with Crippen LogP contribution in [-0.4, -0.2) is 38.0 Å². The Morgan fingerprint density at radius 2 is 2.20 bits per heavy atom. The smallest absolute Gasteiger partial charge is 0.254 e. The van der Waals surface area contributed by atoms with E-state index in [0.29, 0.717) is 17.9 Å². The number of hydrogen-bond donors (Lipinski definition) is 1. The molecule has 2 heterocycles. The molecule has 6 heteroatoms. The first-order valence-corrected chi connectivity index (χ1v) is 6.18. The Kier molecular flexibility index (Phi) is 3.12. The maximum absolute atomic E-state index is 12.4. The zero-order valence-corrected chi connectivity index (χ0v) is 10.9. The Balaban J connectivity index is 1.84. The van der Waals surface area contributed by atoms with Crippen molar-refractivity contribution in [3.05, 3.63) is 54.2 Å². The standard InChI is InChI=1S/C14H13N5O/c1-19(8-13-16-9-17-18-13)14(20)11-4-5-12-10(7-11)3-2-6-15-12/h2-7,9H,8H2,1H3,(H,16,17,18). The van der Waals surface area contributed by atoms with Crippen molar-refractivity contribution in [1.29, 1.82) is 0 Å². The molecule has 0 fully saturated rings. The second-order valence-corrected chi connectivity index (χ2v) is 4.50. The van der Waals surface area contributed by atoms with Crippen LogP contribution in [0, 0.1) is 0 Å². The summed E-state index contributed by atoms with van der Waals surface area (Å²) in [4.78, 5) is 22.2. The molecule has 0 aliphatic heterocycles. The lowest BCUT2D eigenvalue weighted by Crippen LogP contribution is -2.26. The van der Waals surface area contributed by atoms with Gasteiger partial charge in [0, 0.05) is 24.2 Å². The third-order valence-electron chi connectivity index (χ3n) is 3.05. The predicted octanol–water partition coefficient (Wildman–Crippen LogP) is 1.63. The molecule has 0 aliphatic rings. The largest absolute Gasteiger partial charge is 0.334 e. The van der Waals surface area contributed by atoms with Gasteiger partial charge in [-0.25, -0.2) is 4.98 Å². The molecule has 0 spiro atoms. The van der Waals surface area contributed by atoms with Crippen molar-refractivity contribution in [3.8, 4) is 0 Å². The van der Waals surface area contributed by atoms with Crippen LogP contribution in [0.15, 0.2) is 42.9 Å². The quantitative estimate of drug-likeness (QED) is 0.782. The second kappa shape index (κ2) is 5.08. The maximum Gasteiger partial charge on any atom is 0.254 e. The highest BCUT2D eigenvalue weighted by atomic mass is 16.2. The van der Waals surface area contributed by atoms with Gasteiger partial charge in [0.15, 0.2) is 0 Å². The molecule has 3 aromatic rings. The van der Waals surface area contributed by atoms with Gasteiger partial charge >= 0.3 is 0 Å². The third-order valence-corrected chi connectivity index (χ3v) is 3.05. The first-order chi connectivity index (χ1) is 9.74. The van der Waals surface area contributed by atoms with Crippen LogP contribution in [0.5, 0.6) is 0 Å². The van der Waals surface area contributed by atoms with Crippen molar-refractivity contribution in [2.24, 2.45) is 0 Å². The minimum absolute atomic E-state index is 0.0628. The topological polar surface area (TPSA) is 74.8 Å². The first kappa shape index (κ1) is 12.3. The minimum Gasteiger partial charge on any atom is -0.334 e. The number of rotatable bonds is 3. The average Bonchev–Trinajstić information content (AvgIpc) is 2.99. The van der Waals surface area contributed by atoms with E-state index in [1.165, 1.54) is 6.33 Å². The molecule has 100 valence electrons. The van der Waals surface area contributed by atoms with E-state index in [1.807, 2.05) is 24.3 Å². The molecule has 0 saturated heterocycles. The van der Waals surface area contributed by atoms with Crippen LogP contribution in [0.2, 0.25) is 0 Å². The van der Waals surface area contributed by atoms with Crippen molar-refractivity contribution < 1.29 is 4.79 Å². The number of H-pyrrole nitrogens is 1. The SMILES string of the molecule is CN(Cc1ncn[nH]1)C(=O)c1ccc2ncccc2c1. The van der Waals surface area contributed by atoms with E-state index in [-0.39, 0.29) is 5.91 Å². The van der Waals surface area contributed by atoms with Gasteiger partial charge in [0.25, 0.3) is 5.91 Å². The van der Waals surface area contributed by atoms with E-state index >= 15 is 0 Å². The molecule has 6 nitrogen and oxygen atoms in total. The summed E-state index contributed by atoms with van der Waals surface area (Å²) in [6.45, 7) is 0.393. The van der Waals surface area contributed by atoms with Gasteiger partial charge in [-0.2, -0.15) is 5.10 Å². The van der Waals surface area contributed by atoms with E-state index < -0.39 is 0 Å². The van der Waals surface area contributed by atoms with Crippen LogP contribution in [-0.2, 0) is 6.54 Å². The van der Waals surface area contributed by atoms with E-state index in [2.05, 4.69) is 20.2 Å². The normalized spacial score (nSPS) is 10.7. The van der Waals surface area contributed by atoms with Gasteiger partial charge in [0.05, 0.1) is 12.1 Å². The molecule has 1 aromatic carbocycles. The van der Waals surface area contributed by atoms with Crippen molar-refractivity contribution in [2.75, 3.05) is 7.05 Å². The summed E-state index contributed by atoms with van der Waals surface area (Å²) in [6.07, 6.45) is 3.16. The fraction of sp³-hybridized carbons (Fsp3) is 0.143. The summed E-state index contributed by atoms with van der Waals surface area (Å²) >= 11 is 0. The van der Waals surface area contributed by atoms with Gasteiger partial charge in [-0.15, -0.1) is 0 Å². The molecule has 20 heavy (non-hydrogen) atoms. The number of amides is 1. The first-order valence-electron chi connectivity index (χ1n) is 6.18. The van der Waals surface area contributed by atoms with E-state index in [9.17, 15) is 4.79 Å². The Hall–Kier alpha value is -2.76. The monoisotopic (exact) mass is 267 g/mol. The summed E-state index contributed by atoms with van der Waals surface area (Å²) in [7, 11) is 1.73. The zero-order valence-electron chi connectivity index (χ0n) is 10.9. The van der Waals surface area contributed by atoms with Crippen LogP contribution in [0.4, 0.5) is 0 Å². The highest BCUT2D eigenvalue weighted by Crippen LogP contribution is 2.15. The van der Waals surface area contributed by atoms with Gasteiger partial charge in [-0.05, 0) is 24.3 Å². The Morgan fingerprint density at radius 3 is 3.00 bits per heavy atom. The lowest BCUT2D eigenvalue weighted by atomic mass is 10.1. The molecular weight excluding hydrogens is 254 g/mol. The molecule has 2 aromatic heterocycles. The van der Waals surface area contributed by atoms with Gasteiger partial charge in [0.1, 0.15) is 12.2 Å². The van der Waals surface area contributed by atoms with Gasteiger partial charge in [-0.3, -0.25) is 14.9 Å². The molecular formula is C14H13N5O. The molecule has 0 saturated carbocycles. The number of nitrogens with one attached hydrogen (secondary N) is 1. The number of carbonyl (C=O) groups is 1. The van der Waals surface area contributed by atoms with Gasteiger partial charge in [0.2, 0.25) is 0 Å². The Labute approximate surface area is 115 Å². The number of aromatic nitrogens is 4. The molecule has 0 bridgehead atoms. The van der Waals surface area contributed by atoms with Gasteiger partial charge in [-0.1, -0.05) is 6.07 Å². The van der Waals surface area contributed by atoms with Crippen molar-refractivity contribution >= 4 is 16.8 Å². The zero-order chi connectivity index (χ0) is 13.9.